The highest BCUT2D eigenvalue weighted by Gasteiger charge is 2.31. The predicted octanol–water partition coefficient (Wildman–Crippen LogP) is 4.38. The fourth-order valence-corrected chi connectivity index (χ4v) is 5.53. The molecule has 1 aliphatic rings. The molecule has 1 saturated heterocycles. The minimum Gasteiger partial charge on any atom is -0.378 e. The van der Waals surface area contributed by atoms with Gasteiger partial charge in [0.05, 0.1) is 12.6 Å². The van der Waals surface area contributed by atoms with Gasteiger partial charge in [0.1, 0.15) is 0 Å². The van der Waals surface area contributed by atoms with E-state index in [1.165, 1.54) is 32.9 Å². The normalized spacial score (nSPS) is 15.4. The molecule has 8 heteroatoms. The van der Waals surface area contributed by atoms with Gasteiger partial charge in [0.15, 0.2) is 5.82 Å². The molecule has 0 radical (unpaired) electrons. The van der Waals surface area contributed by atoms with Gasteiger partial charge in [0, 0.05) is 56.5 Å². The van der Waals surface area contributed by atoms with Crippen LogP contribution in [0.2, 0.25) is 0 Å². The van der Waals surface area contributed by atoms with Crippen LogP contribution in [0.15, 0.2) is 60.0 Å². The monoisotopic (exact) mass is 487 g/mol. The number of thiophene rings is 1. The van der Waals surface area contributed by atoms with E-state index in [0.29, 0.717) is 6.54 Å². The van der Waals surface area contributed by atoms with Crippen LogP contribution in [0.4, 0.5) is 11.4 Å². The fourth-order valence-electron chi connectivity index (χ4n) is 4.85. The predicted molar refractivity (Wildman–Crippen MR) is 144 cm³/mol. The molecule has 2 aromatic heterocycles. The van der Waals surface area contributed by atoms with Gasteiger partial charge in [-0.25, -0.2) is 4.68 Å². The third kappa shape index (κ3) is 4.94. The lowest BCUT2D eigenvalue weighted by Crippen LogP contribution is -2.48. The van der Waals surface area contributed by atoms with Crippen LogP contribution in [0.25, 0.3) is 0 Å². The van der Waals surface area contributed by atoms with Gasteiger partial charge in [-0.1, -0.05) is 30.3 Å². The molecular weight excluding hydrogens is 454 g/mol. The number of nitrogens with zero attached hydrogens (tertiary/aromatic N) is 7. The molecule has 0 N–H and O–H groups in total. The van der Waals surface area contributed by atoms with Crippen LogP contribution in [0.5, 0.6) is 0 Å². The molecule has 0 bridgehead atoms. The molecule has 4 aromatic rings. The number of hydrogen-bond donors (Lipinski definition) is 0. The van der Waals surface area contributed by atoms with Crippen molar-refractivity contribution in [2.75, 3.05) is 50.1 Å². The van der Waals surface area contributed by atoms with Crippen LogP contribution in [-0.2, 0) is 6.54 Å². The van der Waals surface area contributed by atoms with E-state index in [9.17, 15) is 0 Å². The Kier molecular flexibility index (Phi) is 6.83. The minimum atomic E-state index is 0.00179. The van der Waals surface area contributed by atoms with E-state index in [1.807, 2.05) is 4.68 Å². The second-order valence-electron chi connectivity index (χ2n) is 9.40. The maximum atomic E-state index is 4.55. The molecule has 2 aromatic carbocycles. The summed E-state index contributed by atoms with van der Waals surface area (Å²) in [6.07, 6.45) is 0. The summed E-state index contributed by atoms with van der Waals surface area (Å²) in [6, 6.07) is 19.6. The maximum absolute atomic E-state index is 4.55. The van der Waals surface area contributed by atoms with Gasteiger partial charge in [0.2, 0.25) is 0 Å². The highest BCUT2D eigenvalue weighted by molar-refractivity contribution is 7.09. The number of hydrogen-bond acceptors (Lipinski definition) is 7. The Hall–Kier alpha value is -3.23. The molecule has 7 nitrogen and oxygen atoms in total. The summed E-state index contributed by atoms with van der Waals surface area (Å²) in [6.45, 7) is 8.94. The van der Waals surface area contributed by atoms with Gasteiger partial charge < -0.3 is 9.80 Å². The molecule has 5 rings (SSSR count). The second-order valence-corrected chi connectivity index (χ2v) is 10.4. The second kappa shape index (κ2) is 10.2. The van der Waals surface area contributed by atoms with Crippen LogP contribution >= 0.6 is 11.3 Å². The smallest absolute Gasteiger partial charge is 0.173 e. The number of piperazine rings is 1. The van der Waals surface area contributed by atoms with Crippen molar-refractivity contribution in [3.05, 3.63) is 87.4 Å². The molecule has 1 atom stereocenters. The third-order valence-corrected chi connectivity index (χ3v) is 7.87. The zero-order valence-electron chi connectivity index (χ0n) is 20.9. The largest absolute Gasteiger partial charge is 0.378 e. The quantitative estimate of drug-likeness (QED) is 0.386. The Bertz CT molecular complexity index is 1240. The molecule has 0 saturated carbocycles. The molecule has 182 valence electrons. The van der Waals surface area contributed by atoms with Crippen LogP contribution in [0, 0.1) is 13.8 Å². The maximum Gasteiger partial charge on any atom is 0.173 e. The number of benzene rings is 2. The fraction of sp³-hybridized carbons (Fsp3) is 0.370. The molecular formula is C27H33N7S. The molecule has 3 heterocycles. The Morgan fingerprint density at radius 2 is 1.71 bits per heavy atom. The lowest BCUT2D eigenvalue weighted by Gasteiger charge is -2.40. The van der Waals surface area contributed by atoms with Crippen molar-refractivity contribution < 1.29 is 0 Å². The standard InChI is InChI=1S/C27H33N7S/c1-20-7-5-9-25(21(20)2)32-14-16-33(17-15-32)26(22-10-12-23(13-11-22)31(3)4)27-28-29-30-34(27)19-24-8-6-18-35-24/h5-13,18,26H,14-17,19H2,1-4H3. The topological polar surface area (TPSA) is 53.3 Å². The molecule has 1 fully saturated rings. The van der Waals surface area contributed by atoms with Gasteiger partial charge in [-0.2, -0.15) is 0 Å². The number of tetrazole rings is 1. The lowest BCUT2D eigenvalue weighted by molar-refractivity contribution is 0.201. The highest BCUT2D eigenvalue weighted by Crippen LogP contribution is 2.31. The van der Waals surface area contributed by atoms with Gasteiger partial charge in [-0.3, -0.25) is 4.90 Å². The van der Waals surface area contributed by atoms with Crippen LogP contribution < -0.4 is 9.80 Å². The van der Waals surface area contributed by atoms with E-state index in [4.69, 9.17) is 0 Å². The summed E-state index contributed by atoms with van der Waals surface area (Å²) in [5.41, 5.74) is 6.47. The van der Waals surface area contributed by atoms with Gasteiger partial charge in [0.25, 0.3) is 0 Å². The molecule has 35 heavy (non-hydrogen) atoms. The minimum absolute atomic E-state index is 0.00179. The molecule has 0 aliphatic carbocycles. The zero-order valence-corrected chi connectivity index (χ0v) is 21.7. The Morgan fingerprint density at radius 1 is 0.943 bits per heavy atom. The third-order valence-electron chi connectivity index (χ3n) is 7.01. The Balaban J connectivity index is 1.44. The van der Waals surface area contributed by atoms with Crippen LogP contribution in [-0.4, -0.2) is 65.4 Å². The molecule has 0 amide bonds. The zero-order chi connectivity index (χ0) is 24.4. The lowest BCUT2D eigenvalue weighted by atomic mass is 10.0. The van der Waals surface area contributed by atoms with Crippen molar-refractivity contribution in [1.29, 1.82) is 0 Å². The van der Waals surface area contributed by atoms with Crippen molar-refractivity contribution in [3.8, 4) is 0 Å². The Morgan fingerprint density at radius 3 is 2.40 bits per heavy atom. The summed E-state index contributed by atoms with van der Waals surface area (Å²) in [7, 11) is 4.14. The van der Waals surface area contributed by atoms with Crippen LogP contribution in [0.1, 0.15) is 33.4 Å². The van der Waals surface area contributed by atoms with Crippen molar-refractivity contribution >= 4 is 22.7 Å². The van der Waals surface area contributed by atoms with Gasteiger partial charge >= 0.3 is 0 Å². The summed E-state index contributed by atoms with van der Waals surface area (Å²) < 4.78 is 1.97. The van der Waals surface area contributed by atoms with Gasteiger partial charge in [-0.15, -0.1) is 16.4 Å². The summed E-state index contributed by atoms with van der Waals surface area (Å²) in [5.74, 6) is 0.899. The van der Waals surface area contributed by atoms with Crippen molar-refractivity contribution in [3.63, 3.8) is 0 Å². The van der Waals surface area contributed by atoms with E-state index in [2.05, 4.69) is 118 Å². The van der Waals surface area contributed by atoms with E-state index >= 15 is 0 Å². The van der Waals surface area contributed by atoms with Gasteiger partial charge in [-0.05, 0) is 70.6 Å². The highest BCUT2D eigenvalue weighted by atomic mass is 32.1. The SMILES string of the molecule is Cc1cccc(N2CCN(C(c3ccc(N(C)C)cc3)c3nnnn3Cc3cccs3)CC2)c1C. The van der Waals surface area contributed by atoms with Crippen molar-refractivity contribution in [1.82, 2.24) is 25.1 Å². The molecule has 1 aliphatic heterocycles. The first kappa shape index (κ1) is 23.5. The number of anilines is 2. The van der Waals surface area contributed by atoms with E-state index in [0.717, 1.165) is 32.0 Å². The average molecular weight is 488 g/mol. The number of aryl methyl sites for hydroxylation is 1. The van der Waals surface area contributed by atoms with Crippen molar-refractivity contribution in [2.45, 2.75) is 26.4 Å². The summed E-state index contributed by atoms with van der Waals surface area (Å²) in [4.78, 5) is 8.42. The summed E-state index contributed by atoms with van der Waals surface area (Å²) >= 11 is 1.74. The molecule has 0 spiro atoms. The first-order chi connectivity index (χ1) is 17.0. The summed E-state index contributed by atoms with van der Waals surface area (Å²) in [5, 5.41) is 15.1. The average Bonchev–Trinajstić information content (AvgIpc) is 3.55. The first-order valence-electron chi connectivity index (χ1n) is 12.1. The number of rotatable bonds is 7. The van der Waals surface area contributed by atoms with Crippen LogP contribution in [0.3, 0.4) is 0 Å². The first-order valence-corrected chi connectivity index (χ1v) is 13.0. The van der Waals surface area contributed by atoms with Crippen molar-refractivity contribution in [2.24, 2.45) is 0 Å². The molecule has 1 unspecified atom stereocenters. The van der Waals surface area contributed by atoms with E-state index in [1.54, 1.807) is 11.3 Å². The Labute approximate surface area is 211 Å². The number of aromatic nitrogens is 4. The van der Waals surface area contributed by atoms with E-state index < -0.39 is 0 Å². The van der Waals surface area contributed by atoms with E-state index in [-0.39, 0.29) is 6.04 Å².